The lowest BCUT2D eigenvalue weighted by molar-refractivity contribution is 0.0197. The Labute approximate surface area is 259 Å². The summed E-state index contributed by atoms with van der Waals surface area (Å²) in [7, 11) is 0. The molecule has 0 heterocycles. The van der Waals surface area contributed by atoms with E-state index in [1.165, 1.54) is 11.1 Å². The molecule has 0 radical (unpaired) electrons. The van der Waals surface area contributed by atoms with Gasteiger partial charge in [-0.2, -0.15) is 0 Å². The molecule has 2 atom stereocenters. The number of aliphatic hydroxyl groups excluding tert-OH is 2. The number of esters is 2. The first kappa shape index (κ1) is 33.8. The van der Waals surface area contributed by atoms with Crippen molar-refractivity contribution in [2.75, 3.05) is 23.8 Å². The van der Waals surface area contributed by atoms with Crippen molar-refractivity contribution in [3.05, 3.63) is 118 Å². The number of para-hydroxylation sites is 2. The van der Waals surface area contributed by atoms with Crippen LogP contribution in [0.15, 0.2) is 84.9 Å². The van der Waals surface area contributed by atoms with Crippen molar-refractivity contribution in [3.63, 3.8) is 0 Å². The number of aliphatic hydroxyl groups is 2. The van der Waals surface area contributed by atoms with Crippen LogP contribution in [0.1, 0.15) is 56.8 Å². The van der Waals surface area contributed by atoms with Crippen LogP contribution in [0.3, 0.4) is 0 Å². The molecule has 0 aliphatic carbocycles. The third-order valence-corrected chi connectivity index (χ3v) is 7.06. The molecule has 8 nitrogen and oxygen atoms in total. The van der Waals surface area contributed by atoms with Crippen molar-refractivity contribution in [3.8, 4) is 0 Å². The highest BCUT2D eigenvalue weighted by Gasteiger charge is 2.16. The summed E-state index contributed by atoms with van der Waals surface area (Å²) in [6.45, 7) is 11.2. The Morgan fingerprint density at radius 1 is 0.659 bits per heavy atom. The molecule has 4 aromatic rings. The second kappa shape index (κ2) is 16.3. The molecule has 0 saturated heterocycles. The van der Waals surface area contributed by atoms with Crippen LogP contribution in [0.4, 0.5) is 22.7 Å². The molecular weight excluding hydrogens is 556 g/mol. The highest BCUT2D eigenvalue weighted by molar-refractivity contribution is 5.97. The lowest BCUT2D eigenvalue weighted by Gasteiger charge is -2.16. The zero-order valence-corrected chi connectivity index (χ0v) is 26.2. The number of anilines is 4. The zero-order valence-electron chi connectivity index (χ0n) is 26.2. The summed E-state index contributed by atoms with van der Waals surface area (Å²) < 4.78 is 10.3. The molecule has 0 amide bonds. The summed E-state index contributed by atoms with van der Waals surface area (Å²) in [5, 5.41) is 24.8. The van der Waals surface area contributed by atoms with Crippen LogP contribution in [-0.2, 0) is 9.47 Å². The minimum Gasteiger partial charge on any atom is -0.459 e. The van der Waals surface area contributed by atoms with Crippen LogP contribution >= 0.6 is 0 Å². The fourth-order valence-corrected chi connectivity index (χ4v) is 4.16. The minimum absolute atomic E-state index is 0.0172. The standard InChI is InChI=1S/2C18H21NO3/c1-12-7-6-10-16(14(12)3)19-17-9-5-4-8-15(17)18(21)22-11-13(2)20;1-12-7-6-10-16(14(12)3)19-17-9-5-4-8-15(17)18(21)22-13(2)11-20/h2*4-10,13,19-20H,11H2,1-3H3. The van der Waals surface area contributed by atoms with Gasteiger partial charge in [0.05, 0.1) is 35.2 Å². The third-order valence-electron chi connectivity index (χ3n) is 7.06. The summed E-state index contributed by atoms with van der Waals surface area (Å²) in [6.07, 6.45) is -1.20. The van der Waals surface area contributed by atoms with Crippen molar-refractivity contribution >= 4 is 34.7 Å². The Morgan fingerprint density at radius 2 is 1.09 bits per heavy atom. The van der Waals surface area contributed by atoms with Crippen molar-refractivity contribution < 1.29 is 29.3 Å². The maximum absolute atomic E-state index is 12.2. The largest absolute Gasteiger partial charge is 0.459 e. The van der Waals surface area contributed by atoms with Gasteiger partial charge >= 0.3 is 11.9 Å². The molecule has 0 spiro atoms. The molecular formula is C36H42N2O6. The predicted octanol–water partition coefficient (Wildman–Crippen LogP) is 7.17. The second-order valence-corrected chi connectivity index (χ2v) is 10.7. The van der Waals surface area contributed by atoms with Gasteiger partial charge in [0.1, 0.15) is 12.7 Å². The topological polar surface area (TPSA) is 117 Å². The van der Waals surface area contributed by atoms with E-state index in [0.717, 1.165) is 22.5 Å². The summed E-state index contributed by atoms with van der Waals surface area (Å²) in [6, 6.07) is 26.4. The van der Waals surface area contributed by atoms with Gasteiger partial charge in [-0.25, -0.2) is 9.59 Å². The number of aryl methyl sites for hydroxylation is 2. The van der Waals surface area contributed by atoms with E-state index in [2.05, 4.69) is 10.6 Å². The van der Waals surface area contributed by atoms with Crippen LogP contribution in [0.5, 0.6) is 0 Å². The van der Waals surface area contributed by atoms with E-state index in [9.17, 15) is 14.7 Å². The number of nitrogens with one attached hydrogen (secondary N) is 2. The van der Waals surface area contributed by atoms with Crippen LogP contribution < -0.4 is 10.6 Å². The SMILES string of the molecule is Cc1cccc(Nc2ccccc2C(=O)OC(C)CO)c1C.Cc1cccc(Nc2ccccc2C(=O)OCC(C)O)c1C. The van der Waals surface area contributed by atoms with Gasteiger partial charge in [0, 0.05) is 11.4 Å². The monoisotopic (exact) mass is 598 g/mol. The van der Waals surface area contributed by atoms with Gasteiger partial charge < -0.3 is 30.3 Å². The fourth-order valence-electron chi connectivity index (χ4n) is 4.16. The molecule has 0 bridgehead atoms. The van der Waals surface area contributed by atoms with Crippen LogP contribution in [0.25, 0.3) is 0 Å². The molecule has 0 aromatic heterocycles. The Kier molecular flexibility index (Phi) is 12.5. The molecule has 44 heavy (non-hydrogen) atoms. The first-order valence-corrected chi connectivity index (χ1v) is 14.5. The van der Waals surface area contributed by atoms with E-state index in [1.807, 2.05) is 88.4 Å². The Hall–Kier alpha value is -4.66. The molecule has 2 unspecified atom stereocenters. The first-order chi connectivity index (χ1) is 21.0. The second-order valence-electron chi connectivity index (χ2n) is 10.7. The van der Waals surface area contributed by atoms with Crippen LogP contribution in [0, 0.1) is 27.7 Å². The fraction of sp³-hybridized carbons (Fsp3) is 0.278. The van der Waals surface area contributed by atoms with E-state index in [4.69, 9.17) is 14.6 Å². The molecule has 4 N–H and O–H groups in total. The molecule has 0 aliphatic heterocycles. The highest BCUT2D eigenvalue weighted by atomic mass is 16.6. The molecule has 8 heteroatoms. The molecule has 4 aromatic carbocycles. The summed E-state index contributed by atoms with van der Waals surface area (Å²) in [4.78, 5) is 24.3. The van der Waals surface area contributed by atoms with Crippen molar-refractivity contribution in [1.29, 1.82) is 0 Å². The Bertz CT molecular complexity index is 1570. The number of rotatable bonds is 10. The van der Waals surface area contributed by atoms with Gasteiger partial charge in [-0.05, 0) is 100 Å². The lowest BCUT2D eigenvalue weighted by atomic mass is 10.1. The van der Waals surface area contributed by atoms with E-state index >= 15 is 0 Å². The van der Waals surface area contributed by atoms with E-state index < -0.39 is 24.1 Å². The summed E-state index contributed by atoms with van der Waals surface area (Å²) in [5.41, 5.74) is 8.80. The van der Waals surface area contributed by atoms with Gasteiger partial charge in [-0.3, -0.25) is 0 Å². The van der Waals surface area contributed by atoms with Gasteiger partial charge in [0.15, 0.2) is 0 Å². The molecule has 0 aliphatic rings. The Morgan fingerprint density at radius 3 is 1.55 bits per heavy atom. The average molecular weight is 599 g/mol. The van der Waals surface area contributed by atoms with Gasteiger partial charge in [0.2, 0.25) is 0 Å². The molecule has 0 saturated carbocycles. The van der Waals surface area contributed by atoms with Crippen LogP contribution in [0.2, 0.25) is 0 Å². The smallest absolute Gasteiger partial charge is 0.340 e. The van der Waals surface area contributed by atoms with Gasteiger partial charge in [-0.15, -0.1) is 0 Å². The zero-order chi connectivity index (χ0) is 32.2. The van der Waals surface area contributed by atoms with E-state index in [1.54, 1.807) is 38.1 Å². The number of hydrogen-bond acceptors (Lipinski definition) is 8. The first-order valence-electron chi connectivity index (χ1n) is 14.5. The molecule has 0 fully saturated rings. The highest BCUT2D eigenvalue weighted by Crippen LogP contribution is 2.27. The number of carbonyl (C=O) groups is 2. The lowest BCUT2D eigenvalue weighted by Crippen LogP contribution is -2.19. The quantitative estimate of drug-likeness (QED) is 0.142. The van der Waals surface area contributed by atoms with Crippen molar-refractivity contribution in [1.82, 2.24) is 0 Å². The number of hydrogen-bond donors (Lipinski definition) is 4. The number of benzene rings is 4. The summed E-state index contributed by atoms with van der Waals surface area (Å²) in [5.74, 6) is -0.899. The molecule has 232 valence electrons. The van der Waals surface area contributed by atoms with E-state index in [-0.39, 0.29) is 13.2 Å². The normalized spacial score (nSPS) is 11.8. The maximum atomic E-state index is 12.2. The van der Waals surface area contributed by atoms with Crippen molar-refractivity contribution in [2.45, 2.75) is 53.8 Å². The number of ether oxygens (including phenoxy) is 2. The van der Waals surface area contributed by atoms with Crippen molar-refractivity contribution in [2.24, 2.45) is 0 Å². The maximum Gasteiger partial charge on any atom is 0.340 e. The molecule has 4 rings (SSSR count). The van der Waals surface area contributed by atoms with Gasteiger partial charge in [-0.1, -0.05) is 48.5 Å². The van der Waals surface area contributed by atoms with Gasteiger partial charge in [0.25, 0.3) is 0 Å². The predicted molar refractivity (Wildman–Crippen MR) is 175 cm³/mol. The number of carbonyl (C=O) groups excluding carboxylic acids is 2. The minimum atomic E-state index is -0.678. The summed E-state index contributed by atoms with van der Waals surface area (Å²) >= 11 is 0. The van der Waals surface area contributed by atoms with Crippen LogP contribution in [-0.4, -0.2) is 47.6 Å². The van der Waals surface area contributed by atoms with E-state index in [0.29, 0.717) is 22.5 Å². The Balaban J connectivity index is 0.000000240. The third kappa shape index (κ3) is 9.42. The average Bonchev–Trinajstić information content (AvgIpc) is 3.01.